The van der Waals surface area contributed by atoms with Gasteiger partial charge in [-0.15, -0.1) is 0 Å². The molecule has 1 aliphatic heterocycles. The molecule has 6 nitrogen and oxygen atoms in total. The molecule has 3 rings (SSSR count). The van der Waals surface area contributed by atoms with Gasteiger partial charge in [0, 0.05) is 54.7 Å². The molecule has 0 unspecified atom stereocenters. The first-order chi connectivity index (χ1) is 13.9. The number of nitrogens with zero attached hydrogens (tertiary/aromatic N) is 2. The molecule has 2 aromatic rings. The molecule has 0 bridgehead atoms. The standard InChI is InChI=1S/C21H21BrFN3O3/c22-17-5-1-15(2-6-17)20(28)24-10-9-19(27)25-11-13-26(14-12-25)21(29)16-3-7-18(23)8-4-16/h1-8H,9-14H2,(H,24,28). The molecular weight excluding hydrogens is 441 g/mol. The zero-order valence-electron chi connectivity index (χ0n) is 15.7. The van der Waals surface area contributed by atoms with Gasteiger partial charge in [0.05, 0.1) is 0 Å². The molecule has 1 heterocycles. The number of carbonyl (C=O) groups excluding carboxylic acids is 3. The molecule has 1 N–H and O–H groups in total. The van der Waals surface area contributed by atoms with Gasteiger partial charge in [-0.05, 0) is 48.5 Å². The second-order valence-corrected chi connectivity index (χ2v) is 7.61. The molecule has 8 heteroatoms. The van der Waals surface area contributed by atoms with Crippen LogP contribution in [0.15, 0.2) is 53.0 Å². The summed E-state index contributed by atoms with van der Waals surface area (Å²) in [4.78, 5) is 40.2. The summed E-state index contributed by atoms with van der Waals surface area (Å²) in [5, 5.41) is 2.74. The van der Waals surface area contributed by atoms with E-state index in [1.807, 2.05) is 0 Å². The normalized spacial score (nSPS) is 13.9. The van der Waals surface area contributed by atoms with Crippen molar-refractivity contribution in [1.82, 2.24) is 15.1 Å². The van der Waals surface area contributed by atoms with E-state index in [1.165, 1.54) is 24.3 Å². The zero-order chi connectivity index (χ0) is 20.8. The number of carbonyl (C=O) groups is 3. The van der Waals surface area contributed by atoms with E-state index >= 15 is 0 Å². The molecule has 3 amide bonds. The number of piperazine rings is 1. The number of halogens is 2. The quantitative estimate of drug-likeness (QED) is 0.743. The van der Waals surface area contributed by atoms with E-state index in [9.17, 15) is 18.8 Å². The van der Waals surface area contributed by atoms with E-state index in [4.69, 9.17) is 0 Å². The maximum absolute atomic E-state index is 13.0. The first-order valence-electron chi connectivity index (χ1n) is 9.30. The Labute approximate surface area is 176 Å². The van der Waals surface area contributed by atoms with Crippen LogP contribution in [0.25, 0.3) is 0 Å². The van der Waals surface area contributed by atoms with Crippen molar-refractivity contribution in [2.75, 3.05) is 32.7 Å². The number of amides is 3. The van der Waals surface area contributed by atoms with Crippen LogP contribution in [-0.2, 0) is 4.79 Å². The van der Waals surface area contributed by atoms with Crippen molar-refractivity contribution >= 4 is 33.7 Å². The van der Waals surface area contributed by atoms with E-state index in [-0.39, 0.29) is 36.5 Å². The fourth-order valence-electron chi connectivity index (χ4n) is 3.08. The fourth-order valence-corrected chi connectivity index (χ4v) is 3.34. The van der Waals surface area contributed by atoms with Gasteiger partial charge in [0.1, 0.15) is 5.82 Å². The van der Waals surface area contributed by atoms with Gasteiger partial charge in [-0.2, -0.15) is 0 Å². The smallest absolute Gasteiger partial charge is 0.253 e. The van der Waals surface area contributed by atoms with Gasteiger partial charge in [0.15, 0.2) is 0 Å². The van der Waals surface area contributed by atoms with Crippen molar-refractivity contribution < 1.29 is 18.8 Å². The van der Waals surface area contributed by atoms with E-state index in [1.54, 1.807) is 34.1 Å². The molecule has 0 spiro atoms. The van der Waals surface area contributed by atoms with Crippen molar-refractivity contribution in [3.05, 3.63) is 69.9 Å². The van der Waals surface area contributed by atoms with Crippen LogP contribution in [0.1, 0.15) is 27.1 Å². The Morgan fingerprint density at radius 1 is 0.862 bits per heavy atom. The molecule has 0 aromatic heterocycles. The molecule has 0 saturated carbocycles. The second kappa shape index (κ2) is 9.65. The second-order valence-electron chi connectivity index (χ2n) is 6.69. The summed E-state index contributed by atoms with van der Waals surface area (Å²) in [5.41, 5.74) is 0.968. The summed E-state index contributed by atoms with van der Waals surface area (Å²) < 4.78 is 13.9. The first kappa shape index (κ1) is 21.0. The van der Waals surface area contributed by atoms with Crippen molar-refractivity contribution in [3.63, 3.8) is 0 Å². The Balaban J connectivity index is 1.41. The summed E-state index contributed by atoms with van der Waals surface area (Å²) in [7, 11) is 0. The van der Waals surface area contributed by atoms with E-state index in [0.717, 1.165) is 4.47 Å². The van der Waals surface area contributed by atoms with Crippen LogP contribution < -0.4 is 5.32 Å². The predicted molar refractivity (Wildman–Crippen MR) is 110 cm³/mol. The molecule has 29 heavy (non-hydrogen) atoms. The number of rotatable bonds is 5. The lowest BCUT2D eigenvalue weighted by atomic mass is 10.1. The summed E-state index contributed by atoms with van der Waals surface area (Å²) in [6, 6.07) is 12.4. The van der Waals surface area contributed by atoms with Gasteiger partial charge in [-0.25, -0.2) is 4.39 Å². The van der Waals surface area contributed by atoms with Crippen LogP contribution in [0.4, 0.5) is 4.39 Å². The summed E-state index contributed by atoms with van der Waals surface area (Å²) in [6.45, 7) is 1.97. The molecule has 2 aromatic carbocycles. The van der Waals surface area contributed by atoms with Gasteiger partial charge in [0.2, 0.25) is 5.91 Å². The molecule has 1 aliphatic rings. The molecule has 0 aliphatic carbocycles. The number of benzene rings is 2. The number of hydrogen-bond donors (Lipinski definition) is 1. The summed E-state index contributed by atoms with van der Waals surface area (Å²) in [6.07, 6.45) is 0.203. The Hall–Kier alpha value is -2.74. The Morgan fingerprint density at radius 2 is 1.41 bits per heavy atom. The summed E-state index contributed by atoms with van der Waals surface area (Å²) in [5.74, 6) is -0.835. The van der Waals surface area contributed by atoms with Gasteiger partial charge in [0.25, 0.3) is 11.8 Å². The Bertz CT molecular complexity index is 879. The molecule has 0 radical (unpaired) electrons. The van der Waals surface area contributed by atoms with Crippen molar-refractivity contribution in [1.29, 1.82) is 0 Å². The van der Waals surface area contributed by atoms with E-state index in [2.05, 4.69) is 21.2 Å². The number of nitrogens with one attached hydrogen (secondary N) is 1. The van der Waals surface area contributed by atoms with Crippen LogP contribution in [0.2, 0.25) is 0 Å². The monoisotopic (exact) mass is 461 g/mol. The van der Waals surface area contributed by atoms with Crippen LogP contribution in [0.5, 0.6) is 0 Å². The Kier molecular flexibility index (Phi) is 6.98. The largest absolute Gasteiger partial charge is 0.352 e. The Morgan fingerprint density at radius 3 is 2.03 bits per heavy atom. The highest BCUT2D eigenvalue weighted by Gasteiger charge is 2.24. The van der Waals surface area contributed by atoms with Gasteiger partial charge in [-0.1, -0.05) is 15.9 Å². The highest BCUT2D eigenvalue weighted by Crippen LogP contribution is 2.12. The van der Waals surface area contributed by atoms with Crippen molar-refractivity contribution in [2.24, 2.45) is 0 Å². The average molecular weight is 462 g/mol. The van der Waals surface area contributed by atoms with Crippen LogP contribution >= 0.6 is 15.9 Å². The average Bonchev–Trinajstić information content (AvgIpc) is 2.74. The molecule has 0 atom stereocenters. The van der Waals surface area contributed by atoms with Crippen molar-refractivity contribution in [3.8, 4) is 0 Å². The lowest BCUT2D eigenvalue weighted by Gasteiger charge is -2.35. The van der Waals surface area contributed by atoms with E-state index < -0.39 is 0 Å². The predicted octanol–water partition coefficient (Wildman–Crippen LogP) is 2.69. The minimum absolute atomic E-state index is 0.0602. The molecular formula is C21H21BrFN3O3. The van der Waals surface area contributed by atoms with Gasteiger partial charge in [-0.3, -0.25) is 14.4 Å². The zero-order valence-corrected chi connectivity index (χ0v) is 17.3. The van der Waals surface area contributed by atoms with Crippen LogP contribution in [0.3, 0.4) is 0 Å². The maximum atomic E-state index is 13.0. The molecule has 1 saturated heterocycles. The van der Waals surface area contributed by atoms with Crippen LogP contribution in [-0.4, -0.2) is 60.2 Å². The third-order valence-corrected chi connectivity index (χ3v) is 5.27. The third kappa shape index (κ3) is 5.63. The maximum Gasteiger partial charge on any atom is 0.253 e. The molecule has 1 fully saturated rings. The lowest BCUT2D eigenvalue weighted by molar-refractivity contribution is -0.132. The molecule has 152 valence electrons. The highest BCUT2D eigenvalue weighted by atomic mass is 79.9. The fraction of sp³-hybridized carbons (Fsp3) is 0.286. The van der Waals surface area contributed by atoms with Gasteiger partial charge >= 0.3 is 0 Å². The lowest BCUT2D eigenvalue weighted by Crippen LogP contribution is -2.51. The van der Waals surface area contributed by atoms with Crippen LogP contribution in [0, 0.1) is 5.82 Å². The topological polar surface area (TPSA) is 69.7 Å². The minimum atomic E-state index is -0.385. The summed E-state index contributed by atoms with van der Waals surface area (Å²) >= 11 is 3.32. The van der Waals surface area contributed by atoms with Crippen molar-refractivity contribution in [2.45, 2.75) is 6.42 Å². The third-order valence-electron chi connectivity index (χ3n) is 4.74. The minimum Gasteiger partial charge on any atom is -0.352 e. The highest BCUT2D eigenvalue weighted by molar-refractivity contribution is 9.10. The van der Waals surface area contributed by atoms with E-state index in [0.29, 0.717) is 37.3 Å². The first-order valence-corrected chi connectivity index (χ1v) is 10.1. The van der Waals surface area contributed by atoms with Gasteiger partial charge < -0.3 is 15.1 Å². The number of hydrogen-bond acceptors (Lipinski definition) is 3. The SMILES string of the molecule is O=C(NCCC(=O)N1CCN(C(=O)c2ccc(F)cc2)CC1)c1ccc(Br)cc1.